The van der Waals surface area contributed by atoms with Gasteiger partial charge >= 0.3 is 0 Å². The Labute approximate surface area is 158 Å². The van der Waals surface area contributed by atoms with Crippen LogP contribution >= 0.6 is 0 Å². The molecule has 1 aromatic carbocycles. The van der Waals surface area contributed by atoms with Gasteiger partial charge in [-0.05, 0) is 18.2 Å². The monoisotopic (exact) mass is 363 g/mol. The highest BCUT2D eigenvalue weighted by atomic mass is 16.5. The van der Waals surface area contributed by atoms with E-state index in [4.69, 9.17) is 14.5 Å². The van der Waals surface area contributed by atoms with Gasteiger partial charge in [0.15, 0.2) is 5.82 Å². The van der Waals surface area contributed by atoms with Crippen molar-refractivity contribution in [2.75, 3.05) is 20.8 Å². The molecule has 0 aliphatic carbocycles. The average Bonchev–Trinajstić information content (AvgIpc) is 2.74. The minimum atomic E-state index is 0.678. The molecule has 0 unspecified atom stereocenters. The number of rotatable bonds is 5. The van der Waals surface area contributed by atoms with Crippen molar-refractivity contribution in [2.45, 2.75) is 19.5 Å². The second kappa shape index (κ2) is 7.67. The lowest BCUT2D eigenvalue weighted by molar-refractivity contribution is 0.239. The van der Waals surface area contributed by atoms with Crippen LogP contribution in [-0.2, 0) is 19.5 Å². The number of benzene rings is 1. The van der Waals surface area contributed by atoms with Crippen LogP contribution in [0.1, 0.15) is 16.8 Å². The Morgan fingerprint density at radius 1 is 1.07 bits per heavy atom. The van der Waals surface area contributed by atoms with E-state index in [-0.39, 0.29) is 0 Å². The maximum Gasteiger partial charge on any atom is 0.162 e. The Morgan fingerprint density at radius 3 is 2.70 bits per heavy atom. The second-order valence-corrected chi connectivity index (χ2v) is 6.43. The Bertz CT molecular complexity index is 933. The van der Waals surface area contributed by atoms with Gasteiger partial charge in [0.25, 0.3) is 0 Å². The van der Waals surface area contributed by atoms with E-state index in [1.54, 1.807) is 26.6 Å². The fraction of sp³-hybridized carbons (Fsp3) is 0.300. The molecule has 0 N–H and O–H groups in total. The van der Waals surface area contributed by atoms with E-state index in [2.05, 4.69) is 19.9 Å². The van der Waals surface area contributed by atoms with Gasteiger partial charge < -0.3 is 9.47 Å². The highest BCUT2D eigenvalue weighted by Gasteiger charge is 2.20. The van der Waals surface area contributed by atoms with Crippen LogP contribution in [0.25, 0.3) is 11.4 Å². The quantitative estimate of drug-likeness (QED) is 0.689. The predicted molar refractivity (Wildman–Crippen MR) is 100 cm³/mol. The summed E-state index contributed by atoms with van der Waals surface area (Å²) in [6, 6.07) is 5.89. The van der Waals surface area contributed by atoms with Crippen LogP contribution < -0.4 is 9.47 Å². The van der Waals surface area contributed by atoms with Crippen molar-refractivity contribution in [3.05, 3.63) is 59.9 Å². The molecule has 0 bridgehead atoms. The van der Waals surface area contributed by atoms with Gasteiger partial charge in [-0.25, -0.2) is 19.9 Å². The van der Waals surface area contributed by atoms with E-state index in [0.717, 1.165) is 59.9 Å². The lowest BCUT2D eigenvalue weighted by Crippen LogP contribution is -2.31. The highest BCUT2D eigenvalue weighted by molar-refractivity contribution is 5.52. The predicted octanol–water partition coefficient (Wildman–Crippen LogP) is 2.51. The molecule has 2 aromatic heterocycles. The minimum Gasteiger partial charge on any atom is -0.497 e. The normalized spacial score (nSPS) is 13.9. The first kappa shape index (κ1) is 17.4. The van der Waals surface area contributed by atoms with Crippen molar-refractivity contribution in [2.24, 2.45) is 0 Å². The maximum atomic E-state index is 5.50. The van der Waals surface area contributed by atoms with E-state index in [9.17, 15) is 0 Å². The fourth-order valence-corrected chi connectivity index (χ4v) is 3.31. The standard InChI is InChI=1S/C20H21N5O2/c1-26-17-3-4-19(27-2)14(7-17)11-25-6-5-18-16(12-25)10-23-20(24-18)15-8-21-13-22-9-15/h3-4,7-10,13H,5-6,11-12H2,1-2H3. The molecule has 0 atom stereocenters. The highest BCUT2D eigenvalue weighted by Crippen LogP contribution is 2.27. The molecule has 0 amide bonds. The van der Waals surface area contributed by atoms with Crippen molar-refractivity contribution in [3.8, 4) is 22.9 Å². The van der Waals surface area contributed by atoms with Crippen molar-refractivity contribution < 1.29 is 9.47 Å². The number of hydrogen-bond acceptors (Lipinski definition) is 7. The van der Waals surface area contributed by atoms with Gasteiger partial charge in [-0.2, -0.15) is 0 Å². The topological polar surface area (TPSA) is 73.3 Å². The largest absolute Gasteiger partial charge is 0.497 e. The van der Waals surface area contributed by atoms with E-state index < -0.39 is 0 Å². The zero-order valence-corrected chi connectivity index (χ0v) is 15.4. The van der Waals surface area contributed by atoms with E-state index in [1.165, 1.54) is 6.33 Å². The van der Waals surface area contributed by atoms with Crippen LogP contribution in [-0.4, -0.2) is 45.6 Å². The third kappa shape index (κ3) is 3.73. The van der Waals surface area contributed by atoms with Crippen LogP contribution in [0.3, 0.4) is 0 Å². The van der Waals surface area contributed by atoms with Crippen LogP contribution in [0.2, 0.25) is 0 Å². The van der Waals surface area contributed by atoms with Crippen molar-refractivity contribution in [1.82, 2.24) is 24.8 Å². The number of nitrogens with zero attached hydrogens (tertiary/aromatic N) is 5. The molecule has 4 rings (SSSR count). The Hall–Kier alpha value is -3.06. The average molecular weight is 363 g/mol. The molecule has 7 nitrogen and oxygen atoms in total. The van der Waals surface area contributed by atoms with E-state index in [1.807, 2.05) is 24.4 Å². The van der Waals surface area contributed by atoms with Gasteiger partial charge in [-0.15, -0.1) is 0 Å². The lowest BCUT2D eigenvalue weighted by atomic mass is 10.1. The smallest absolute Gasteiger partial charge is 0.162 e. The number of fused-ring (bicyclic) bond motifs is 1. The summed E-state index contributed by atoms with van der Waals surface area (Å²) in [5.41, 5.74) is 4.20. The summed E-state index contributed by atoms with van der Waals surface area (Å²) in [7, 11) is 3.37. The summed E-state index contributed by atoms with van der Waals surface area (Å²) in [6.45, 7) is 2.52. The second-order valence-electron chi connectivity index (χ2n) is 6.43. The first-order chi connectivity index (χ1) is 13.3. The number of aromatic nitrogens is 4. The molecular formula is C20H21N5O2. The Kier molecular flexibility index (Phi) is 4.93. The fourth-order valence-electron chi connectivity index (χ4n) is 3.31. The molecular weight excluding hydrogens is 342 g/mol. The molecule has 0 fully saturated rings. The summed E-state index contributed by atoms with van der Waals surface area (Å²) in [5, 5.41) is 0. The van der Waals surface area contributed by atoms with Gasteiger partial charge in [0, 0.05) is 55.8 Å². The molecule has 0 radical (unpaired) electrons. The van der Waals surface area contributed by atoms with Crippen molar-refractivity contribution in [3.63, 3.8) is 0 Å². The van der Waals surface area contributed by atoms with Crippen LogP contribution in [0.5, 0.6) is 11.5 Å². The molecule has 1 aliphatic heterocycles. The molecule has 0 saturated carbocycles. The minimum absolute atomic E-state index is 0.678. The Balaban J connectivity index is 1.52. The Morgan fingerprint density at radius 2 is 1.93 bits per heavy atom. The van der Waals surface area contributed by atoms with E-state index >= 15 is 0 Å². The van der Waals surface area contributed by atoms with Gasteiger partial charge in [0.1, 0.15) is 17.8 Å². The van der Waals surface area contributed by atoms with Gasteiger partial charge in [0.05, 0.1) is 25.5 Å². The van der Waals surface area contributed by atoms with Gasteiger partial charge in [0.2, 0.25) is 0 Å². The molecule has 3 heterocycles. The first-order valence-electron chi connectivity index (χ1n) is 8.80. The van der Waals surface area contributed by atoms with Gasteiger partial charge in [-0.3, -0.25) is 4.90 Å². The van der Waals surface area contributed by atoms with Crippen LogP contribution in [0.4, 0.5) is 0 Å². The van der Waals surface area contributed by atoms with Crippen molar-refractivity contribution in [1.29, 1.82) is 0 Å². The van der Waals surface area contributed by atoms with E-state index in [0.29, 0.717) is 5.82 Å². The lowest BCUT2D eigenvalue weighted by Gasteiger charge is -2.28. The zero-order valence-electron chi connectivity index (χ0n) is 15.4. The summed E-state index contributed by atoms with van der Waals surface area (Å²) < 4.78 is 10.9. The third-order valence-electron chi connectivity index (χ3n) is 4.71. The number of hydrogen-bond donors (Lipinski definition) is 0. The third-order valence-corrected chi connectivity index (χ3v) is 4.71. The SMILES string of the molecule is COc1ccc(OC)c(CN2CCc3nc(-c4cncnc4)ncc3C2)c1. The molecule has 27 heavy (non-hydrogen) atoms. The number of methoxy groups -OCH3 is 2. The summed E-state index contributed by atoms with van der Waals surface area (Å²) in [6.07, 6.45) is 7.77. The first-order valence-corrected chi connectivity index (χ1v) is 8.80. The van der Waals surface area contributed by atoms with Gasteiger partial charge in [-0.1, -0.05) is 0 Å². The molecule has 138 valence electrons. The molecule has 3 aromatic rings. The molecule has 0 saturated heterocycles. The summed E-state index contributed by atoms with van der Waals surface area (Å²) in [5.74, 6) is 2.39. The summed E-state index contributed by atoms with van der Waals surface area (Å²) in [4.78, 5) is 19.7. The molecule has 0 spiro atoms. The molecule has 7 heteroatoms. The number of ether oxygens (including phenoxy) is 2. The maximum absolute atomic E-state index is 5.50. The van der Waals surface area contributed by atoms with Crippen LogP contribution in [0.15, 0.2) is 43.1 Å². The zero-order chi connectivity index (χ0) is 18.6. The summed E-state index contributed by atoms with van der Waals surface area (Å²) >= 11 is 0. The van der Waals surface area contributed by atoms with Crippen molar-refractivity contribution >= 4 is 0 Å². The molecule has 1 aliphatic rings. The van der Waals surface area contributed by atoms with Crippen LogP contribution in [0, 0.1) is 0 Å².